The molecule has 2 amide bonds. The zero-order valence-corrected chi connectivity index (χ0v) is 18.0. The van der Waals surface area contributed by atoms with Gasteiger partial charge in [-0.05, 0) is 29.2 Å². The lowest BCUT2D eigenvalue weighted by molar-refractivity contribution is -0.140. The number of hydrogen-bond acceptors (Lipinski definition) is 5. The lowest BCUT2D eigenvalue weighted by atomic mass is 9.98. The van der Waals surface area contributed by atoms with Gasteiger partial charge in [-0.2, -0.15) is 0 Å². The Hall–Kier alpha value is -3.39. The maximum atomic E-state index is 12.1. The molecule has 0 radical (unpaired) electrons. The number of carboxylic acids is 1. The number of aliphatic carboxylic acids is 1. The largest absolute Gasteiger partial charge is 0.481 e. The number of nitrogens with one attached hydrogen (secondary N) is 2. The molecule has 8 nitrogen and oxygen atoms in total. The fourth-order valence-electron chi connectivity index (χ4n) is 3.86. The highest BCUT2D eigenvalue weighted by Crippen LogP contribution is 2.44. The summed E-state index contributed by atoms with van der Waals surface area (Å²) >= 11 is 0. The van der Waals surface area contributed by atoms with Gasteiger partial charge in [0, 0.05) is 32.0 Å². The third-order valence-electron chi connectivity index (χ3n) is 5.30. The first-order chi connectivity index (χ1) is 15.5. The van der Waals surface area contributed by atoms with Crippen LogP contribution >= 0.6 is 0 Å². The Morgan fingerprint density at radius 2 is 1.62 bits per heavy atom. The van der Waals surface area contributed by atoms with Gasteiger partial charge >= 0.3 is 12.1 Å². The molecule has 0 heterocycles. The van der Waals surface area contributed by atoms with Gasteiger partial charge in [0.1, 0.15) is 6.61 Å². The maximum absolute atomic E-state index is 12.1. The van der Waals surface area contributed by atoms with Crippen molar-refractivity contribution in [3.63, 3.8) is 0 Å². The lowest BCUT2D eigenvalue weighted by Crippen LogP contribution is -2.37. The van der Waals surface area contributed by atoms with E-state index in [-0.39, 0.29) is 44.4 Å². The van der Waals surface area contributed by atoms with Gasteiger partial charge in [-0.1, -0.05) is 48.5 Å². The van der Waals surface area contributed by atoms with Crippen LogP contribution in [0.5, 0.6) is 0 Å². The molecular weight excluding hydrogens is 412 g/mol. The molecule has 0 bridgehead atoms. The van der Waals surface area contributed by atoms with E-state index in [1.54, 1.807) is 6.92 Å². The van der Waals surface area contributed by atoms with Gasteiger partial charge < -0.3 is 25.2 Å². The Morgan fingerprint density at radius 1 is 1.00 bits per heavy atom. The van der Waals surface area contributed by atoms with Crippen LogP contribution in [0.1, 0.15) is 36.8 Å². The van der Waals surface area contributed by atoms with Crippen LogP contribution in [0.25, 0.3) is 11.1 Å². The van der Waals surface area contributed by atoms with Gasteiger partial charge in [-0.25, -0.2) is 4.79 Å². The van der Waals surface area contributed by atoms with Gasteiger partial charge in [-0.3, -0.25) is 9.59 Å². The minimum Gasteiger partial charge on any atom is -0.481 e. The van der Waals surface area contributed by atoms with E-state index in [4.69, 9.17) is 14.6 Å². The van der Waals surface area contributed by atoms with Crippen molar-refractivity contribution in [2.75, 3.05) is 26.3 Å². The van der Waals surface area contributed by atoms with E-state index in [0.29, 0.717) is 6.61 Å². The fraction of sp³-hybridized carbons (Fsp3) is 0.375. The van der Waals surface area contributed by atoms with Crippen molar-refractivity contribution in [3.8, 4) is 11.1 Å². The molecule has 3 rings (SSSR count). The highest BCUT2D eigenvalue weighted by Gasteiger charge is 2.28. The second-order valence-corrected chi connectivity index (χ2v) is 7.48. The highest BCUT2D eigenvalue weighted by molar-refractivity contribution is 5.79. The average Bonchev–Trinajstić information content (AvgIpc) is 3.10. The Bertz CT molecular complexity index is 916. The molecule has 3 N–H and O–H groups in total. The number of fused-ring (bicyclic) bond motifs is 3. The topological polar surface area (TPSA) is 114 Å². The Morgan fingerprint density at radius 3 is 2.22 bits per heavy atom. The molecule has 1 unspecified atom stereocenters. The summed E-state index contributed by atoms with van der Waals surface area (Å²) in [6, 6.07) is 16.2. The first-order valence-corrected chi connectivity index (χ1v) is 10.7. The van der Waals surface area contributed by atoms with Crippen molar-refractivity contribution >= 4 is 18.0 Å². The van der Waals surface area contributed by atoms with Crippen molar-refractivity contribution in [2.24, 2.45) is 0 Å². The first kappa shape index (κ1) is 23.3. The molecule has 0 saturated heterocycles. The predicted octanol–water partition coefficient (Wildman–Crippen LogP) is 2.91. The third kappa shape index (κ3) is 6.07. The van der Waals surface area contributed by atoms with Crippen molar-refractivity contribution in [1.29, 1.82) is 0 Å². The SMILES string of the molecule is CCOC(CNC(=O)CCNC(=O)OCC1c2ccccc2-c2ccccc21)CC(=O)O. The summed E-state index contributed by atoms with van der Waals surface area (Å²) in [7, 11) is 0. The molecule has 32 heavy (non-hydrogen) atoms. The molecule has 2 aromatic carbocycles. The van der Waals surface area contributed by atoms with E-state index in [1.807, 2.05) is 36.4 Å². The predicted molar refractivity (Wildman–Crippen MR) is 118 cm³/mol. The molecule has 2 aromatic rings. The zero-order chi connectivity index (χ0) is 22.9. The number of hydrogen-bond donors (Lipinski definition) is 3. The van der Waals surface area contributed by atoms with E-state index in [2.05, 4.69) is 22.8 Å². The van der Waals surface area contributed by atoms with Crippen LogP contribution in [0, 0.1) is 0 Å². The molecule has 0 aliphatic heterocycles. The monoisotopic (exact) mass is 440 g/mol. The second kappa shape index (κ2) is 11.3. The minimum atomic E-state index is -0.991. The number of carbonyl (C=O) groups excluding carboxylic acids is 2. The van der Waals surface area contributed by atoms with E-state index in [9.17, 15) is 14.4 Å². The van der Waals surface area contributed by atoms with Crippen LogP contribution in [0.2, 0.25) is 0 Å². The van der Waals surface area contributed by atoms with E-state index >= 15 is 0 Å². The van der Waals surface area contributed by atoms with Gasteiger partial charge in [0.25, 0.3) is 0 Å². The summed E-state index contributed by atoms with van der Waals surface area (Å²) in [5.41, 5.74) is 4.57. The van der Waals surface area contributed by atoms with E-state index in [1.165, 1.54) is 0 Å². The molecule has 170 valence electrons. The van der Waals surface area contributed by atoms with Crippen LogP contribution in [0.3, 0.4) is 0 Å². The Kier molecular flexibility index (Phi) is 8.21. The summed E-state index contributed by atoms with van der Waals surface area (Å²) in [4.78, 5) is 34.9. The Labute approximate surface area is 186 Å². The molecule has 0 spiro atoms. The van der Waals surface area contributed by atoms with Crippen LogP contribution < -0.4 is 10.6 Å². The lowest BCUT2D eigenvalue weighted by Gasteiger charge is -2.16. The number of rotatable bonds is 11. The number of carboxylic acid groups (broad SMARTS) is 1. The van der Waals surface area contributed by atoms with Crippen molar-refractivity contribution in [1.82, 2.24) is 10.6 Å². The van der Waals surface area contributed by atoms with Gasteiger partial charge in [0.2, 0.25) is 5.91 Å². The average molecular weight is 440 g/mol. The molecular formula is C24H28N2O6. The summed E-state index contributed by atoms with van der Waals surface area (Å²) in [6.45, 7) is 2.54. The normalized spacial score (nSPS) is 13.0. The van der Waals surface area contributed by atoms with Crippen molar-refractivity contribution in [3.05, 3.63) is 59.7 Å². The number of amides is 2. The van der Waals surface area contributed by atoms with Crippen LogP contribution in [0.4, 0.5) is 4.79 Å². The number of ether oxygens (including phenoxy) is 2. The number of alkyl carbamates (subject to hydrolysis) is 1. The summed E-state index contributed by atoms with van der Waals surface area (Å²) in [5, 5.41) is 14.1. The fourth-order valence-corrected chi connectivity index (χ4v) is 3.86. The van der Waals surface area contributed by atoms with E-state index in [0.717, 1.165) is 22.3 Å². The van der Waals surface area contributed by atoms with Crippen molar-refractivity contribution < 1.29 is 29.0 Å². The quantitative estimate of drug-likeness (QED) is 0.495. The summed E-state index contributed by atoms with van der Waals surface area (Å²) in [5.74, 6) is -1.32. The summed E-state index contributed by atoms with van der Waals surface area (Å²) in [6.07, 6.45) is -1.31. The standard InChI is InChI=1S/C24H28N2O6/c1-2-31-16(13-23(28)29)14-26-22(27)11-12-25-24(30)32-15-21-19-9-5-3-7-17(19)18-8-4-6-10-20(18)21/h3-10,16,21H,2,11-15H2,1H3,(H,25,30)(H,26,27)(H,28,29). The molecule has 0 aromatic heterocycles. The van der Waals surface area contributed by atoms with Crippen molar-refractivity contribution in [2.45, 2.75) is 31.8 Å². The molecule has 1 aliphatic rings. The maximum Gasteiger partial charge on any atom is 0.407 e. The third-order valence-corrected chi connectivity index (χ3v) is 5.30. The number of carbonyl (C=O) groups is 3. The smallest absolute Gasteiger partial charge is 0.407 e. The summed E-state index contributed by atoms with van der Waals surface area (Å²) < 4.78 is 10.7. The van der Waals surface area contributed by atoms with Crippen LogP contribution in [-0.2, 0) is 19.1 Å². The molecule has 1 aliphatic carbocycles. The Balaban J connectivity index is 1.41. The first-order valence-electron chi connectivity index (χ1n) is 10.7. The zero-order valence-electron chi connectivity index (χ0n) is 18.0. The van der Waals surface area contributed by atoms with Crippen LogP contribution in [-0.4, -0.2) is 55.5 Å². The minimum absolute atomic E-state index is 0.0267. The van der Waals surface area contributed by atoms with Crippen LogP contribution in [0.15, 0.2) is 48.5 Å². The second-order valence-electron chi connectivity index (χ2n) is 7.48. The number of benzene rings is 2. The van der Waals surface area contributed by atoms with E-state index < -0.39 is 18.2 Å². The van der Waals surface area contributed by atoms with Gasteiger partial charge in [-0.15, -0.1) is 0 Å². The molecule has 0 saturated carbocycles. The molecule has 1 atom stereocenters. The molecule has 0 fully saturated rings. The molecule has 8 heteroatoms. The van der Waals surface area contributed by atoms with Gasteiger partial charge in [0.05, 0.1) is 12.5 Å². The van der Waals surface area contributed by atoms with Gasteiger partial charge in [0.15, 0.2) is 0 Å². The highest BCUT2D eigenvalue weighted by atomic mass is 16.5.